The second kappa shape index (κ2) is 3.77. The van der Waals surface area contributed by atoms with Crippen molar-refractivity contribution in [2.24, 2.45) is 0 Å². The van der Waals surface area contributed by atoms with Crippen LogP contribution in [0.15, 0.2) is 4.52 Å². The van der Waals surface area contributed by atoms with Gasteiger partial charge < -0.3 is 9.84 Å². The molecule has 0 bridgehead atoms. The van der Waals surface area contributed by atoms with Crippen molar-refractivity contribution in [3.63, 3.8) is 0 Å². The average Bonchev–Trinajstić information content (AvgIpc) is 2.81. The van der Waals surface area contributed by atoms with Crippen LogP contribution in [0.4, 0.5) is 6.01 Å². The largest absolute Gasteiger partial charge is 0.335 e. The van der Waals surface area contributed by atoms with E-state index in [4.69, 9.17) is 4.52 Å². The van der Waals surface area contributed by atoms with Gasteiger partial charge in [-0.3, -0.25) is 0 Å². The lowest BCUT2D eigenvalue weighted by atomic mass is 10.2. The molecule has 1 aromatic rings. The molecule has 4 heteroatoms. The predicted octanol–water partition coefficient (Wildman–Crippen LogP) is 1.99. The van der Waals surface area contributed by atoms with E-state index in [0.717, 1.165) is 18.7 Å². The first-order chi connectivity index (χ1) is 6.38. The molecule has 0 amide bonds. The van der Waals surface area contributed by atoms with Crippen LogP contribution in [0.2, 0.25) is 0 Å². The number of nitrogens with one attached hydrogen (secondary N) is 1. The third-order valence-corrected chi connectivity index (χ3v) is 2.13. The van der Waals surface area contributed by atoms with Gasteiger partial charge in [0.05, 0.1) is 0 Å². The molecule has 0 atom stereocenters. The van der Waals surface area contributed by atoms with Crippen LogP contribution in [0.5, 0.6) is 0 Å². The van der Waals surface area contributed by atoms with Gasteiger partial charge in [-0.05, 0) is 19.3 Å². The van der Waals surface area contributed by atoms with Crippen molar-refractivity contribution in [1.29, 1.82) is 0 Å². The minimum Gasteiger partial charge on any atom is -0.335 e. The molecule has 0 spiro atoms. The first-order valence-electron chi connectivity index (χ1n) is 4.97. The maximum atomic E-state index is 5.04. The van der Waals surface area contributed by atoms with Crippen LogP contribution in [0.3, 0.4) is 0 Å². The van der Waals surface area contributed by atoms with E-state index in [9.17, 15) is 0 Å². The second-order valence-electron chi connectivity index (χ2n) is 3.54. The predicted molar refractivity (Wildman–Crippen MR) is 49.6 cm³/mol. The second-order valence-corrected chi connectivity index (χ2v) is 3.54. The minimum atomic E-state index is 0.583. The molecule has 72 valence electrons. The summed E-state index contributed by atoms with van der Waals surface area (Å²) in [7, 11) is 0. The zero-order valence-corrected chi connectivity index (χ0v) is 7.92. The zero-order valence-electron chi connectivity index (χ0n) is 7.92. The van der Waals surface area contributed by atoms with Gasteiger partial charge in [-0.15, -0.1) is 0 Å². The lowest BCUT2D eigenvalue weighted by Crippen LogP contribution is -2.00. The fourth-order valence-electron chi connectivity index (χ4n) is 1.15. The van der Waals surface area contributed by atoms with Crippen LogP contribution < -0.4 is 5.32 Å². The summed E-state index contributed by atoms with van der Waals surface area (Å²) >= 11 is 0. The van der Waals surface area contributed by atoms with Crippen molar-refractivity contribution in [2.45, 2.75) is 45.1 Å². The normalized spacial score (nSPS) is 16.1. The van der Waals surface area contributed by atoms with Crippen molar-refractivity contribution in [2.75, 3.05) is 5.32 Å². The highest BCUT2D eigenvalue weighted by Crippen LogP contribution is 2.23. The lowest BCUT2D eigenvalue weighted by molar-refractivity contribution is 0.421. The molecule has 1 fully saturated rings. The number of aromatic nitrogens is 2. The molecule has 0 aliphatic heterocycles. The van der Waals surface area contributed by atoms with Gasteiger partial charge in [0.25, 0.3) is 0 Å². The van der Waals surface area contributed by atoms with Gasteiger partial charge in [0, 0.05) is 12.5 Å². The highest BCUT2D eigenvalue weighted by atomic mass is 16.5. The van der Waals surface area contributed by atoms with Crippen LogP contribution in [0, 0.1) is 0 Å². The van der Waals surface area contributed by atoms with Crippen molar-refractivity contribution >= 4 is 6.01 Å². The molecule has 0 saturated heterocycles. The molecule has 1 saturated carbocycles. The summed E-state index contributed by atoms with van der Waals surface area (Å²) < 4.78 is 5.04. The zero-order chi connectivity index (χ0) is 9.10. The fraction of sp³-hybridized carbons (Fsp3) is 0.778. The van der Waals surface area contributed by atoms with Crippen LogP contribution in [-0.4, -0.2) is 16.2 Å². The Morgan fingerprint density at radius 3 is 3.08 bits per heavy atom. The quantitative estimate of drug-likeness (QED) is 0.754. The molecule has 1 aliphatic rings. The summed E-state index contributed by atoms with van der Waals surface area (Å²) in [5, 5.41) is 7.06. The van der Waals surface area contributed by atoms with Gasteiger partial charge in [0.15, 0.2) is 5.82 Å². The summed E-state index contributed by atoms with van der Waals surface area (Å²) in [6, 6.07) is 1.17. The van der Waals surface area contributed by atoms with E-state index in [0.29, 0.717) is 12.1 Å². The molecule has 0 radical (unpaired) electrons. The first kappa shape index (κ1) is 8.53. The molecule has 1 aromatic heterocycles. The number of rotatable bonds is 5. The molecule has 13 heavy (non-hydrogen) atoms. The molecule has 1 heterocycles. The smallest absolute Gasteiger partial charge is 0.321 e. The van der Waals surface area contributed by atoms with Crippen molar-refractivity contribution in [3.8, 4) is 0 Å². The maximum Gasteiger partial charge on any atom is 0.321 e. The molecule has 2 rings (SSSR count). The minimum absolute atomic E-state index is 0.583. The fourth-order valence-corrected chi connectivity index (χ4v) is 1.15. The number of hydrogen-bond donors (Lipinski definition) is 1. The third kappa shape index (κ3) is 2.44. The van der Waals surface area contributed by atoms with Gasteiger partial charge in [-0.2, -0.15) is 4.98 Å². The lowest BCUT2D eigenvalue weighted by Gasteiger charge is -1.92. The van der Waals surface area contributed by atoms with Gasteiger partial charge in [-0.1, -0.05) is 18.5 Å². The van der Waals surface area contributed by atoms with Crippen LogP contribution in [-0.2, 0) is 6.42 Å². The van der Waals surface area contributed by atoms with Gasteiger partial charge >= 0.3 is 6.01 Å². The third-order valence-electron chi connectivity index (χ3n) is 2.13. The van der Waals surface area contributed by atoms with E-state index in [1.54, 1.807) is 0 Å². The Balaban J connectivity index is 1.84. The topological polar surface area (TPSA) is 51.0 Å². The number of anilines is 1. The standard InChI is InChI=1S/C9H15N3O/c1-2-3-4-8-11-9(13-12-8)10-7-5-6-7/h7H,2-6H2,1H3,(H,10,11,12). The average molecular weight is 181 g/mol. The van der Waals surface area contributed by atoms with E-state index in [-0.39, 0.29) is 0 Å². The monoisotopic (exact) mass is 181 g/mol. The number of unbranched alkanes of at least 4 members (excludes halogenated alkanes) is 1. The molecule has 0 aromatic carbocycles. The van der Waals surface area contributed by atoms with E-state index < -0.39 is 0 Å². The van der Waals surface area contributed by atoms with Crippen molar-refractivity contribution < 1.29 is 4.52 Å². The van der Waals surface area contributed by atoms with Gasteiger partial charge in [0.2, 0.25) is 0 Å². The van der Waals surface area contributed by atoms with Crippen LogP contribution in [0.1, 0.15) is 38.4 Å². The van der Waals surface area contributed by atoms with E-state index in [2.05, 4.69) is 22.4 Å². The number of hydrogen-bond acceptors (Lipinski definition) is 4. The van der Waals surface area contributed by atoms with E-state index in [1.807, 2.05) is 0 Å². The Morgan fingerprint density at radius 1 is 1.54 bits per heavy atom. The Morgan fingerprint density at radius 2 is 2.38 bits per heavy atom. The molecular formula is C9H15N3O. The highest BCUT2D eigenvalue weighted by molar-refractivity contribution is 5.23. The van der Waals surface area contributed by atoms with Crippen molar-refractivity contribution in [1.82, 2.24) is 10.1 Å². The molecule has 1 N–H and O–H groups in total. The van der Waals surface area contributed by atoms with Crippen LogP contribution in [0.25, 0.3) is 0 Å². The Hall–Kier alpha value is -1.06. The number of nitrogens with zero attached hydrogens (tertiary/aromatic N) is 2. The Kier molecular flexibility index (Phi) is 2.47. The molecule has 4 nitrogen and oxygen atoms in total. The molecular weight excluding hydrogens is 166 g/mol. The summed E-state index contributed by atoms with van der Waals surface area (Å²) in [4.78, 5) is 4.24. The Bertz CT molecular complexity index is 268. The molecule has 0 unspecified atom stereocenters. The summed E-state index contributed by atoms with van der Waals surface area (Å²) in [6.07, 6.45) is 5.67. The molecule has 1 aliphatic carbocycles. The van der Waals surface area contributed by atoms with Gasteiger partial charge in [0.1, 0.15) is 0 Å². The maximum absolute atomic E-state index is 5.04. The Labute approximate surface area is 77.7 Å². The SMILES string of the molecule is CCCCc1noc(NC2CC2)n1. The van der Waals surface area contributed by atoms with Crippen LogP contribution >= 0.6 is 0 Å². The highest BCUT2D eigenvalue weighted by Gasteiger charge is 2.23. The summed E-state index contributed by atoms with van der Waals surface area (Å²) in [5.74, 6) is 0.824. The van der Waals surface area contributed by atoms with Gasteiger partial charge in [-0.25, -0.2) is 0 Å². The van der Waals surface area contributed by atoms with E-state index >= 15 is 0 Å². The van der Waals surface area contributed by atoms with E-state index in [1.165, 1.54) is 19.3 Å². The summed E-state index contributed by atoms with van der Waals surface area (Å²) in [5.41, 5.74) is 0. The van der Waals surface area contributed by atoms with Crippen molar-refractivity contribution in [3.05, 3.63) is 5.82 Å². The number of aryl methyl sites for hydroxylation is 1. The first-order valence-corrected chi connectivity index (χ1v) is 4.97. The summed E-state index contributed by atoms with van der Waals surface area (Å²) in [6.45, 7) is 2.16.